The fraction of sp³-hybridized carbons (Fsp3) is 0.552. The predicted molar refractivity (Wildman–Crippen MR) is 151 cm³/mol. The van der Waals surface area contributed by atoms with Gasteiger partial charge in [0.05, 0.1) is 45.5 Å². The van der Waals surface area contributed by atoms with E-state index in [-0.39, 0.29) is 37.3 Å². The van der Waals surface area contributed by atoms with Crippen molar-refractivity contribution >= 4 is 13.8 Å². The number of carbonyl (C=O) groups excluding carboxylic acids is 1. The number of hydrogen-bond acceptors (Lipinski definition) is 14. The van der Waals surface area contributed by atoms with Gasteiger partial charge in [-0.15, -0.1) is 0 Å². The van der Waals surface area contributed by atoms with Crippen LogP contribution in [0, 0.1) is 11.8 Å². The number of esters is 1. The van der Waals surface area contributed by atoms with Crippen molar-refractivity contribution in [2.75, 3.05) is 34.2 Å². The topological polar surface area (TPSA) is 213 Å². The van der Waals surface area contributed by atoms with Crippen LogP contribution in [0.2, 0.25) is 0 Å². The Balaban J connectivity index is 1.32. The van der Waals surface area contributed by atoms with Crippen molar-refractivity contribution in [3.8, 4) is 28.7 Å². The molecule has 0 saturated carbocycles. The zero-order chi connectivity index (χ0) is 32.5. The van der Waals surface area contributed by atoms with E-state index in [1.54, 1.807) is 19.1 Å². The summed E-state index contributed by atoms with van der Waals surface area (Å²) in [5, 5.41) is 11.1. The van der Waals surface area contributed by atoms with Crippen LogP contribution in [0.15, 0.2) is 24.3 Å². The third kappa shape index (κ3) is 5.37. The molecule has 7 unspecified atom stereocenters. The van der Waals surface area contributed by atoms with Gasteiger partial charge >= 0.3 is 13.8 Å². The molecule has 16 nitrogen and oxygen atoms in total. The number of ether oxygens (including phenoxy) is 9. The smallest absolute Gasteiger partial charge is 0.493 e. The monoisotopic (exact) mass is 667 g/mol. The van der Waals surface area contributed by atoms with E-state index in [9.17, 15) is 24.3 Å². The molecule has 0 aromatic heterocycles. The fourth-order valence-electron chi connectivity index (χ4n) is 6.98. The highest BCUT2D eigenvalue weighted by molar-refractivity contribution is 7.46. The quantitative estimate of drug-likeness (QED) is 0.240. The van der Waals surface area contributed by atoms with Gasteiger partial charge in [0.2, 0.25) is 12.5 Å². The molecule has 0 amide bonds. The van der Waals surface area contributed by atoms with Crippen molar-refractivity contribution in [2.45, 2.75) is 55.9 Å². The van der Waals surface area contributed by atoms with E-state index in [1.807, 2.05) is 0 Å². The van der Waals surface area contributed by atoms with Crippen molar-refractivity contribution in [1.29, 1.82) is 0 Å². The Kier molecular flexibility index (Phi) is 8.07. The van der Waals surface area contributed by atoms with E-state index < -0.39 is 74.6 Å². The lowest BCUT2D eigenvalue weighted by Crippen LogP contribution is -2.65. The molecule has 0 radical (unpaired) electrons. The summed E-state index contributed by atoms with van der Waals surface area (Å²) in [6.45, 7) is 1.88. The third-order valence-electron chi connectivity index (χ3n) is 9.02. The van der Waals surface area contributed by atoms with Gasteiger partial charge in [0, 0.05) is 11.8 Å². The Labute approximate surface area is 262 Å². The molecule has 4 heterocycles. The molecule has 10 atom stereocenters. The molecular formula is C29H34NO15P. The highest BCUT2D eigenvalue weighted by atomic mass is 31.2. The van der Waals surface area contributed by atoms with Gasteiger partial charge in [-0.3, -0.25) is 14.6 Å². The molecule has 2 aromatic rings. The molecular weight excluding hydrogens is 633 g/mol. The van der Waals surface area contributed by atoms with E-state index in [0.29, 0.717) is 28.2 Å². The third-order valence-corrected chi connectivity index (χ3v) is 9.44. The van der Waals surface area contributed by atoms with Crippen LogP contribution < -0.4 is 29.2 Å². The minimum absolute atomic E-state index is 0.00647. The summed E-state index contributed by atoms with van der Waals surface area (Å²) in [7, 11) is -2.37. The first kappa shape index (κ1) is 31.4. The van der Waals surface area contributed by atoms with Crippen molar-refractivity contribution < 1.29 is 71.4 Å². The molecule has 0 spiro atoms. The average molecular weight is 668 g/mol. The Morgan fingerprint density at radius 1 is 0.957 bits per heavy atom. The lowest BCUT2D eigenvalue weighted by Gasteiger charge is -2.48. The van der Waals surface area contributed by atoms with Crippen LogP contribution >= 0.6 is 7.82 Å². The second kappa shape index (κ2) is 11.8. The molecule has 3 fully saturated rings. The Bertz CT molecular complexity index is 1540. The van der Waals surface area contributed by atoms with Crippen LogP contribution in [-0.2, 0) is 33.0 Å². The zero-order valence-corrected chi connectivity index (χ0v) is 25.9. The van der Waals surface area contributed by atoms with E-state index in [4.69, 9.17) is 52.9 Å². The van der Waals surface area contributed by atoms with E-state index in [0.717, 1.165) is 0 Å². The Morgan fingerprint density at radius 3 is 2.28 bits per heavy atom. The maximum Gasteiger partial charge on any atom is 0.525 e. The largest absolute Gasteiger partial charge is 0.525 e. The number of fused-ring (bicyclic) bond motifs is 4. The van der Waals surface area contributed by atoms with E-state index >= 15 is 0 Å². The summed E-state index contributed by atoms with van der Waals surface area (Å²) >= 11 is 0. The van der Waals surface area contributed by atoms with Crippen LogP contribution in [0.25, 0.3) is 0 Å². The molecule has 5 N–H and O–H groups in total. The van der Waals surface area contributed by atoms with Gasteiger partial charge in [0.25, 0.3) is 0 Å². The maximum atomic E-state index is 13.5. The summed E-state index contributed by atoms with van der Waals surface area (Å²) in [4.78, 5) is 32.5. The number of methoxy groups -OCH3 is 2. The molecule has 46 heavy (non-hydrogen) atoms. The number of rotatable bonds is 7. The molecule has 17 heteroatoms. The molecule has 1 aliphatic carbocycles. The van der Waals surface area contributed by atoms with Gasteiger partial charge in [-0.1, -0.05) is 0 Å². The van der Waals surface area contributed by atoms with Gasteiger partial charge in [0.1, 0.15) is 18.3 Å². The number of aliphatic hydroxyl groups is 1. The molecule has 5 aliphatic rings. The van der Waals surface area contributed by atoms with Crippen molar-refractivity contribution in [1.82, 2.24) is 0 Å². The van der Waals surface area contributed by atoms with Crippen LogP contribution in [0.4, 0.5) is 0 Å². The number of cyclic esters (lactones) is 1. The first-order valence-corrected chi connectivity index (χ1v) is 16.1. The van der Waals surface area contributed by atoms with E-state index in [1.165, 1.54) is 26.4 Å². The van der Waals surface area contributed by atoms with Crippen molar-refractivity contribution in [3.63, 3.8) is 0 Å². The molecule has 0 bridgehead atoms. The number of aliphatic hydroxyl groups excluding tert-OH is 1. The predicted octanol–water partition coefficient (Wildman–Crippen LogP) is 1.07. The second-order valence-electron chi connectivity index (χ2n) is 11.6. The lowest BCUT2D eigenvalue weighted by molar-refractivity contribution is -0.343. The number of nitrogens with two attached hydrogens (primary N) is 1. The van der Waals surface area contributed by atoms with Crippen LogP contribution in [0.5, 0.6) is 28.7 Å². The summed E-state index contributed by atoms with van der Waals surface area (Å²) in [6.07, 6.45) is -4.90. The lowest BCUT2D eigenvalue weighted by atomic mass is 9.66. The summed E-state index contributed by atoms with van der Waals surface area (Å²) in [5.41, 5.74) is 8.22. The van der Waals surface area contributed by atoms with Crippen molar-refractivity contribution in [3.05, 3.63) is 41.0 Å². The number of hydrogen-bond donors (Lipinski definition) is 4. The minimum Gasteiger partial charge on any atom is -0.493 e. The summed E-state index contributed by atoms with van der Waals surface area (Å²) in [5.74, 6) is -1.99. The first-order chi connectivity index (χ1) is 22.0. The van der Waals surface area contributed by atoms with Crippen LogP contribution in [0.3, 0.4) is 0 Å². The first-order valence-electron chi connectivity index (χ1n) is 14.6. The molecule has 2 aromatic carbocycles. The van der Waals surface area contributed by atoms with Gasteiger partial charge in [-0.25, -0.2) is 4.57 Å². The maximum absolute atomic E-state index is 13.5. The average Bonchev–Trinajstić information content (AvgIpc) is 3.64. The number of carbonyl (C=O) groups is 1. The molecule has 7 rings (SSSR count). The molecule has 4 aliphatic heterocycles. The SMILES string of the molecule is COc1cc(C2c3cc4c(cc3[C@@H](OC3OC5COC(C)OC5C(O)C3N)[C@H]3COC(=O)[C@H]23)OCO4)cc(OC)c1OP(=O)(O)O. The highest BCUT2D eigenvalue weighted by Gasteiger charge is 2.56. The summed E-state index contributed by atoms with van der Waals surface area (Å²) in [6, 6.07) is 5.59. The van der Waals surface area contributed by atoms with Gasteiger partial charge in [0.15, 0.2) is 35.6 Å². The van der Waals surface area contributed by atoms with E-state index in [2.05, 4.69) is 0 Å². The minimum atomic E-state index is -4.99. The molecule has 3 saturated heterocycles. The van der Waals surface area contributed by atoms with Gasteiger partial charge in [-0.2, -0.15) is 0 Å². The standard InChI is InChI=1S/C29H34NO15P/c1-11-38-9-20-27(42-11)24(31)23(30)29(43-20)44-25-14-7-17-16(40-10-41-17)6-13(14)21(22-15(25)8-39-28(22)32)12-4-18(36-2)26(19(5-12)37-3)45-46(33,34)35/h4-7,11,15,20-25,27,29,31H,8-10,30H2,1-3H3,(H2,33,34,35)/t11?,15-,20?,21?,22-,23?,24?,25+,27?,29?/m0/s1. The van der Waals surface area contributed by atoms with Crippen LogP contribution in [-0.4, -0.2) is 92.0 Å². The normalized spacial score (nSPS) is 34.6. The van der Waals surface area contributed by atoms with Gasteiger partial charge in [-0.05, 0) is 47.9 Å². The highest BCUT2D eigenvalue weighted by Crippen LogP contribution is 2.57. The fourth-order valence-corrected chi connectivity index (χ4v) is 7.39. The second-order valence-corrected chi connectivity index (χ2v) is 12.8. The molecule has 250 valence electrons. The van der Waals surface area contributed by atoms with Crippen molar-refractivity contribution in [2.24, 2.45) is 17.6 Å². The number of phosphoric ester groups is 1. The van der Waals surface area contributed by atoms with Gasteiger partial charge < -0.3 is 58.0 Å². The Hall–Kier alpha value is -3.18. The van der Waals surface area contributed by atoms with Crippen LogP contribution in [0.1, 0.15) is 35.6 Å². The number of phosphoric acid groups is 1. The zero-order valence-electron chi connectivity index (χ0n) is 25.0. The Morgan fingerprint density at radius 2 is 1.63 bits per heavy atom. The number of benzene rings is 2. The summed E-state index contributed by atoms with van der Waals surface area (Å²) < 4.78 is 68.6.